The summed E-state index contributed by atoms with van der Waals surface area (Å²) in [6, 6.07) is 9.72. The third-order valence-corrected chi connectivity index (χ3v) is 8.44. The summed E-state index contributed by atoms with van der Waals surface area (Å²) in [6.07, 6.45) is 0. The monoisotopic (exact) mass is 510 g/mol. The van der Waals surface area contributed by atoms with Crippen LogP contribution in [0.5, 0.6) is 5.75 Å². The van der Waals surface area contributed by atoms with Crippen molar-refractivity contribution in [3.05, 3.63) is 65.2 Å². The lowest BCUT2D eigenvalue weighted by atomic mass is 9.95. The lowest BCUT2D eigenvalue weighted by molar-refractivity contribution is -0.161. The van der Waals surface area contributed by atoms with Crippen molar-refractivity contribution in [1.29, 1.82) is 0 Å². The summed E-state index contributed by atoms with van der Waals surface area (Å²) < 4.78 is -0.724. The number of carboxylic acids is 1. The first-order valence-electron chi connectivity index (χ1n) is 11.5. The molecule has 2 aromatic rings. The van der Waals surface area contributed by atoms with Crippen molar-refractivity contribution >= 4 is 35.5 Å². The van der Waals surface area contributed by atoms with Gasteiger partial charge in [-0.15, -0.1) is 11.8 Å². The number of thioether (sulfide) groups is 1. The lowest BCUT2D eigenvalue weighted by Gasteiger charge is -2.44. The molecule has 0 aliphatic carbocycles. The Balaban J connectivity index is 1.36. The molecule has 3 aliphatic heterocycles. The van der Waals surface area contributed by atoms with Crippen molar-refractivity contribution in [3.8, 4) is 5.75 Å². The number of phenols is 1. The third-order valence-electron chi connectivity index (χ3n) is 6.87. The number of hydrogen-bond donors (Lipinski definition) is 5. The van der Waals surface area contributed by atoms with Gasteiger partial charge >= 0.3 is 5.97 Å². The first kappa shape index (κ1) is 24.1. The minimum absolute atomic E-state index is 0.00438. The summed E-state index contributed by atoms with van der Waals surface area (Å²) >= 11 is 1.32. The highest BCUT2D eigenvalue weighted by Crippen LogP contribution is 2.50. The van der Waals surface area contributed by atoms with E-state index in [1.807, 2.05) is 24.3 Å². The molecule has 3 unspecified atom stereocenters. The molecule has 2 fully saturated rings. The lowest BCUT2D eigenvalue weighted by Crippen LogP contribution is -2.71. The predicted octanol–water partition coefficient (Wildman–Crippen LogP) is 1.03. The van der Waals surface area contributed by atoms with Gasteiger partial charge in [-0.25, -0.2) is 4.79 Å². The predicted molar refractivity (Wildman–Crippen MR) is 131 cm³/mol. The van der Waals surface area contributed by atoms with E-state index >= 15 is 0 Å². The summed E-state index contributed by atoms with van der Waals surface area (Å²) in [5, 5.41) is 27.5. The molecular weight excluding hydrogens is 484 g/mol. The van der Waals surface area contributed by atoms with Gasteiger partial charge in [0.15, 0.2) is 0 Å². The van der Waals surface area contributed by atoms with Crippen molar-refractivity contribution < 1.29 is 29.4 Å². The minimum atomic E-state index is -1.14. The molecule has 36 heavy (non-hydrogen) atoms. The first-order valence-corrected chi connectivity index (χ1v) is 12.4. The fourth-order valence-electron chi connectivity index (χ4n) is 5.11. The number of carbonyl (C=O) groups excluding carboxylic acids is 3. The molecule has 10 nitrogen and oxygen atoms in total. The molecule has 5 rings (SSSR count). The Hall–Kier alpha value is -3.57. The molecule has 3 amide bonds. The topological polar surface area (TPSA) is 148 Å². The number of aromatic hydroxyl groups is 1. The van der Waals surface area contributed by atoms with Gasteiger partial charge in [0.1, 0.15) is 35.3 Å². The number of nitrogens with zero attached hydrogens (tertiary/aromatic N) is 1. The van der Waals surface area contributed by atoms with Crippen LogP contribution in [-0.4, -0.2) is 61.0 Å². The molecule has 0 radical (unpaired) electrons. The number of phenolic OH excluding ortho intramolecular Hbond substituents is 1. The van der Waals surface area contributed by atoms with Crippen molar-refractivity contribution in [2.24, 2.45) is 0 Å². The molecule has 5 atom stereocenters. The number of amides is 3. The van der Waals surface area contributed by atoms with Crippen molar-refractivity contribution in [3.63, 3.8) is 0 Å². The molecule has 0 saturated carbocycles. The molecular formula is C25H26N4O6S. The Kier molecular flexibility index (Phi) is 5.92. The van der Waals surface area contributed by atoms with E-state index in [9.17, 15) is 29.4 Å². The summed E-state index contributed by atoms with van der Waals surface area (Å²) in [4.78, 5) is 52.6. The fourth-order valence-corrected chi connectivity index (χ4v) is 6.73. The number of fused-ring (bicyclic) bond motifs is 2. The second-order valence-electron chi connectivity index (χ2n) is 9.63. The van der Waals surface area contributed by atoms with Crippen LogP contribution in [0, 0.1) is 0 Å². The molecule has 5 N–H and O–H groups in total. The van der Waals surface area contributed by atoms with Crippen LogP contribution in [0.4, 0.5) is 0 Å². The van der Waals surface area contributed by atoms with Crippen LogP contribution >= 0.6 is 11.8 Å². The van der Waals surface area contributed by atoms with Crippen molar-refractivity contribution in [1.82, 2.24) is 20.9 Å². The van der Waals surface area contributed by atoms with Crippen LogP contribution in [0.1, 0.15) is 42.6 Å². The number of hydrogen-bond acceptors (Lipinski definition) is 7. The van der Waals surface area contributed by atoms with Gasteiger partial charge in [0.2, 0.25) is 17.7 Å². The van der Waals surface area contributed by atoms with E-state index in [0.29, 0.717) is 12.1 Å². The Labute approximate surface area is 211 Å². The molecule has 3 heterocycles. The van der Waals surface area contributed by atoms with E-state index in [2.05, 4.69) is 16.0 Å². The van der Waals surface area contributed by atoms with Gasteiger partial charge in [0.25, 0.3) is 0 Å². The molecule has 2 aromatic carbocycles. The van der Waals surface area contributed by atoms with Gasteiger partial charge in [-0.1, -0.05) is 36.4 Å². The van der Waals surface area contributed by atoms with Gasteiger partial charge in [-0.05, 0) is 42.7 Å². The van der Waals surface area contributed by atoms with Crippen molar-refractivity contribution in [2.75, 3.05) is 0 Å². The highest BCUT2D eigenvalue weighted by molar-refractivity contribution is 8.01. The third kappa shape index (κ3) is 3.97. The van der Waals surface area contributed by atoms with E-state index < -0.39 is 58.0 Å². The van der Waals surface area contributed by atoms with Crippen LogP contribution in [0.2, 0.25) is 0 Å². The first-order chi connectivity index (χ1) is 17.1. The molecule has 0 aromatic heterocycles. The molecule has 3 aliphatic rings. The number of β-lactam (4-membered cyclic amide) rings is 1. The normalized spacial score (nSPS) is 26.4. The minimum Gasteiger partial charge on any atom is -0.508 e. The SMILES string of the molecule is CC1(C)S[C@@H]2C(NC(=O)C(NC(=O)C3NCc4ccccc43)c3ccc(O)cc3)C(=O)N2[C@H]1C(=O)O. The molecule has 188 valence electrons. The second kappa shape index (κ2) is 8.82. The quantitative estimate of drug-likeness (QED) is 0.362. The number of benzene rings is 2. The summed E-state index contributed by atoms with van der Waals surface area (Å²) in [5.74, 6) is -2.56. The zero-order chi connectivity index (χ0) is 25.8. The zero-order valence-electron chi connectivity index (χ0n) is 19.6. The van der Waals surface area contributed by atoms with Crippen LogP contribution in [0.25, 0.3) is 0 Å². The van der Waals surface area contributed by atoms with Crippen LogP contribution in [0.3, 0.4) is 0 Å². The van der Waals surface area contributed by atoms with E-state index in [4.69, 9.17) is 0 Å². The van der Waals surface area contributed by atoms with E-state index in [1.54, 1.807) is 13.8 Å². The number of carbonyl (C=O) groups is 4. The maximum atomic E-state index is 13.4. The molecule has 0 spiro atoms. The highest BCUT2D eigenvalue weighted by Gasteiger charge is 2.64. The van der Waals surface area contributed by atoms with Gasteiger partial charge in [0, 0.05) is 11.3 Å². The van der Waals surface area contributed by atoms with Gasteiger partial charge < -0.3 is 25.7 Å². The van der Waals surface area contributed by atoms with E-state index in [1.165, 1.54) is 40.9 Å². The van der Waals surface area contributed by atoms with E-state index in [0.717, 1.165) is 11.1 Å². The van der Waals surface area contributed by atoms with Gasteiger partial charge in [-0.2, -0.15) is 0 Å². The van der Waals surface area contributed by atoms with Crippen LogP contribution < -0.4 is 16.0 Å². The van der Waals surface area contributed by atoms with E-state index in [-0.39, 0.29) is 5.75 Å². The summed E-state index contributed by atoms with van der Waals surface area (Å²) in [7, 11) is 0. The Morgan fingerprint density at radius 1 is 1.14 bits per heavy atom. The largest absolute Gasteiger partial charge is 0.508 e. The highest BCUT2D eigenvalue weighted by atomic mass is 32.2. The molecule has 11 heteroatoms. The Morgan fingerprint density at radius 2 is 1.83 bits per heavy atom. The van der Waals surface area contributed by atoms with Gasteiger partial charge in [-0.3, -0.25) is 19.7 Å². The maximum absolute atomic E-state index is 13.4. The number of carboxylic acid groups (broad SMARTS) is 1. The average molecular weight is 511 g/mol. The average Bonchev–Trinajstić information content (AvgIpc) is 3.38. The Bertz CT molecular complexity index is 1250. The standard InChI is InChI=1S/C25H26N4O6S/c1-25(2)19(24(34)35)29-22(33)18(23(29)36-25)28-20(31)16(12-7-9-14(30)10-8-12)27-21(32)17-15-6-4-3-5-13(15)11-26-17/h3-10,16-19,23,26,30H,11H2,1-2H3,(H,27,32)(H,28,31)(H,34,35)/t16?,17?,18?,19-,23+/m0/s1. The fraction of sp³-hybridized carbons (Fsp3) is 0.360. The summed E-state index contributed by atoms with van der Waals surface area (Å²) in [6.45, 7) is 4.04. The van der Waals surface area contributed by atoms with Crippen molar-refractivity contribution in [2.45, 2.75) is 54.7 Å². The second-order valence-corrected chi connectivity index (χ2v) is 11.4. The number of rotatable bonds is 6. The maximum Gasteiger partial charge on any atom is 0.327 e. The zero-order valence-corrected chi connectivity index (χ0v) is 20.4. The smallest absolute Gasteiger partial charge is 0.327 e. The van der Waals surface area contributed by atoms with Crippen LogP contribution in [0.15, 0.2) is 48.5 Å². The van der Waals surface area contributed by atoms with Crippen LogP contribution in [-0.2, 0) is 25.7 Å². The Morgan fingerprint density at radius 3 is 2.53 bits per heavy atom. The van der Waals surface area contributed by atoms with Gasteiger partial charge in [0.05, 0.1) is 0 Å². The molecule has 2 saturated heterocycles. The number of aliphatic carboxylic acids is 1. The molecule has 0 bridgehead atoms. The number of nitrogens with one attached hydrogen (secondary N) is 3. The summed E-state index contributed by atoms with van der Waals surface area (Å²) in [5.41, 5.74) is 2.25.